The molecule has 4 nitrogen and oxygen atoms in total. The minimum atomic E-state index is 0.529. The fraction of sp³-hybridized carbons (Fsp3) is 0.529. The van der Waals surface area contributed by atoms with Gasteiger partial charge in [0, 0.05) is 18.7 Å². The van der Waals surface area contributed by atoms with Crippen LogP contribution in [0.5, 0.6) is 0 Å². The van der Waals surface area contributed by atoms with Gasteiger partial charge >= 0.3 is 0 Å². The molecule has 1 saturated carbocycles. The SMILES string of the molecule is Cc1nnc(-c2ccccc2NC2CCC(C)C(C)C2)o1. The van der Waals surface area contributed by atoms with Gasteiger partial charge in [0.25, 0.3) is 0 Å². The number of nitrogens with one attached hydrogen (secondary N) is 1. The largest absolute Gasteiger partial charge is 0.421 e. The van der Waals surface area contributed by atoms with Gasteiger partial charge < -0.3 is 9.73 Å². The molecule has 0 saturated heterocycles. The summed E-state index contributed by atoms with van der Waals surface area (Å²) in [5, 5.41) is 11.7. The van der Waals surface area contributed by atoms with Crippen molar-refractivity contribution in [1.29, 1.82) is 0 Å². The molecule has 0 aliphatic heterocycles. The van der Waals surface area contributed by atoms with Crippen molar-refractivity contribution in [3.8, 4) is 11.5 Å². The molecule has 0 radical (unpaired) electrons. The van der Waals surface area contributed by atoms with Crippen LogP contribution < -0.4 is 5.32 Å². The quantitative estimate of drug-likeness (QED) is 0.914. The Hall–Kier alpha value is -1.84. The summed E-state index contributed by atoms with van der Waals surface area (Å²) in [5.41, 5.74) is 2.08. The minimum absolute atomic E-state index is 0.529. The number of para-hydroxylation sites is 1. The van der Waals surface area contributed by atoms with Gasteiger partial charge in [-0.1, -0.05) is 26.0 Å². The van der Waals surface area contributed by atoms with Crippen LogP contribution in [-0.2, 0) is 0 Å². The third kappa shape index (κ3) is 3.09. The van der Waals surface area contributed by atoms with Gasteiger partial charge in [0.15, 0.2) is 0 Å². The molecule has 0 amide bonds. The number of rotatable bonds is 3. The standard InChI is InChI=1S/C17H23N3O/c1-11-8-9-14(10-12(11)2)18-16-7-5-4-6-15(16)17-20-19-13(3)21-17/h4-7,11-12,14,18H,8-10H2,1-3H3. The Labute approximate surface area is 126 Å². The van der Waals surface area contributed by atoms with Crippen molar-refractivity contribution in [1.82, 2.24) is 10.2 Å². The van der Waals surface area contributed by atoms with Gasteiger partial charge in [-0.2, -0.15) is 0 Å². The average molecular weight is 285 g/mol. The van der Waals surface area contributed by atoms with Crippen LogP contribution in [0.25, 0.3) is 11.5 Å². The van der Waals surface area contributed by atoms with E-state index in [0.717, 1.165) is 23.1 Å². The second-order valence-corrected chi connectivity index (χ2v) is 6.28. The highest BCUT2D eigenvalue weighted by molar-refractivity contribution is 5.72. The first-order valence-corrected chi connectivity index (χ1v) is 7.79. The maximum atomic E-state index is 5.58. The third-order valence-electron chi connectivity index (χ3n) is 4.64. The van der Waals surface area contributed by atoms with Gasteiger partial charge in [0.1, 0.15) is 0 Å². The van der Waals surface area contributed by atoms with Crippen molar-refractivity contribution < 1.29 is 4.42 Å². The number of aromatic nitrogens is 2. The van der Waals surface area contributed by atoms with Crippen molar-refractivity contribution in [3.63, 3.8) is 0 Å². The number of aryl methyl sites for hydroxylation is 1. The molecular weight excluding hydrogens is 262 g/mol. The summed E-state index contributed by atoms with van der Waals surface area (Å²) in [6.07, 6.45) is 3.74. The lowest BCUT2D eigenvalue weighted by molar-refractivity contribution is 0.261. The van der Waals surface area contributed by atoms with Crippen molar-refractivity contribution >= 4 is 5.69 Å². The zero-order chi connectivity index (χ0) is 14.8. The van der Waals surface area contributed by atoms with Crippen LogP contribution in [0.2, 0.25) is 0 Å². The maximum absolute atomic E-state index is 5.58. The lowest BCUT2D eigenvalue weighted by Crippen LogP contribution is -2.30. The van der Waals surface area contributed by atoms with Gasteiger partial charge in [-0.3, -0.25) is 0 Å². The van der Waals surface area contributed by atoms with Crippen LogP contribution in [0.1, 0.15) is 39.0 Å². The van der Waals surface area contributed by atoms with Gasteiger partial charge in [-0.05, 0) is 43.2 Å². The number of nitrogens with zero attached hydrogens (tertiary/aromatic N) is 2. The zero-order valence-electron chi connectivity index (χ0n) is 13.0. The van der Waals surface area contributed by atoms with Crippen molar-refractivity contribution in [2.24, 2.45) is 11.8 Å². The summed E-state index contributed by atoms with van der Waals surface area (Å²) in [6.45, 7) is 6.53. The fourth-order valence-electron chi connectivity index (χ4n) is 3.10. The summed E-state index contributed by atoms with van der Waals surface area (Å²) in [4.78, 5) is 0. The summed E-state index contributed by atoms with van der Waals surface area (Å²) in [5.74, 6) is 2.79. The highest BCUT2D eigenvalue weighted by Gasteiger charge is 2.25. The number of hydrogen-bond acceptors (Lipinski definition) is 4. The molecule has 1 aromatic carbocycles. The molecule has 21 heavy (non-hydrogen) atoms. The first-order valence-electron chi connectivity index (χ1n) is 7.79. The molecule has 0 bridgehead atoms. The first kappa shape index (κ1) is 14.1. The van der Waals surface area contributed by atoms with E-state index in [1.807, 2.05) is 25.1 Å². The van der Waals surface area contributed by atoms with Crippen LogP contribution in [0.3, 0.4) is 0 Å². The molecule has 1 aromatic heterocycles. The molecule has 1 heterocycles. The first-order chi connectivity index (χ1) is 10.1. The van der Waals surface area contributed by atoms with E-state index in [1.54, 1.807) is 0 Å². The highest BCUT2D eigenvalue weighted by Crippen LogP contribution is 2.33. The Morgan fingerprint density at radius 3 is 2.62 bits per heavy atom. The molecule has 1 aliphatic carbocycles. The molecule has 3 rings (SSSR count). The van der Waals surface area contributed by atoms with Crippen molar-refractivity contribution in [2.45, 2.75) is 46.1 Å². The molecule has 112 valence electrons. The van der Waals surface area contributed by atoms with Crippen molar-refractivity contribution in [2.75, 3.05) is 5.32 Å². The van der Waals surface area contributed by atoms with E-state index in [1.165, 1.54) is 19.3 Å². The Morgan fingerprint density at radius 2 is 1.90 bits per heavy atom. The van der Waals surface area contributed by atoms with Crippen molar-refractivity contribution in [3.05, 3.63) is 30.2 Å². The molecular formula is C17H23N3O. The Balaban J connectivity index is 1.80. The smallest absolute Gasteiger partial charge is 0.249 e. The topological polar surface area (TPSA) is 51.0 Å². The minimum Gasteiger partial charge on any atom is -0.421 e. The summed E-state index contributed by atoms with van der Waals surface area (Å²) < 4.78 is 5.58. The lowest BCUT2D eigenvalue weighted by Gasteiger charge is -2.33. The summed E-state index contributed by atoms with van der Waals surface area (Å²) in [7, 11) is 0. The van der Waals surface area contributed by atoms with Crippen LogP contribution in [-0.4, -0.2) is 16.2 Å². The van der Waals surface area contributed by atoms with E-state index in [2.05, 4.69) is 35.4 Å². The van der Waals surface area contributed by atoms with Crippen LogP contribution in [0.15, 0.2) is 28.7 Å². The van der Waals surface area contributed by atoms with E-state index >= 15 is 0 Å². The molecule has 4 heteroatoms. The Bertz CT molecular complexity index is 608. The average Bonchev–Trinajstić information content (AvgIpc) is 2.90. The predicted octanol–water partition coefficient (Wildman–Crippen LogP) is 4.28. The molecule has 0 spiro atoms. The van der Waals surface area contributed by atoms with Crippen LogP contribution >= 0.6 is 0 Å². The Kier molecular flexibility index (Phi) is 3.95. The second kappa shape index (κ2) is 5.88. The van der Waals surface area contributed by atoms with Gasteiger partial charge in [0.2, 0.25) is 11.8 Å². The Morgan fingerprint density at radius 1 is 1.10 bits per heavy atom. The summed E-state index contributed by atoms with van der Waals surface area (Å²) in [6, 6.07) is 8.71. The normalized spacial score (nSPS) is 25.8. The molecule has 3 atom stereocenters. The number of anilines is 1. The van der Waals surface area contributed by atoms with Crippen LogP contribution in [0.4, 0.5) is 5.69 Å². The predicted molar refractivity (Wildman–Crippen MR) is 84.1 cm³/mol. The monoisotopic (exact) mass is 285 g/mol. The third-order valence-corrected chi connectivity index (χ3v) is 4.64. The van der Waals surface area contributed by atoms with E-state index in [9.17, 15) is 0 Å². The van der Waals surface area contributed by atoms with Gasteiger partial charge in [0.05, 0.1) is 5.56 Å². The number of benzene rings is 1. The number of hydrogen-bond donors (Lipinski definition) is 1. The van der Waals surface area contributed by atoms with E-state index in [4.69, 9.17) is 4.42 Å². The van der Waals surface area contributed by atoms with E-state index < -0.39 is 0 Å². The fourth-order valence-corrected chi connectivity index (χ4v) is 3.10. The maximum Gasteiger partial charge on any atom is 0.249 e. The molecule has 3 unspecified atom stereocenters. The molecule has 2 aromatic rings. The van der Waals surface area contributed by atoms with Gasteiger partial charge in [-0.15, -0.1) is 10.2 Å². The molecule has 1 N–H and O–H groups in total. The molecule has 1 aliphatic rings. The molecule has 1 fully saturated rings. The van der Waals surface area contributed by atoms with Gasteiger partial charge in [-0.25, -0.2) is 0 Å². The second-order valence-electron chi connectivity index (χ2n) is 6.28. The summed E-state index contributed by atoms with van der Waals surface area (Å²) >= 11 is 0. The lowest BCUT2D eigenvalue weighted by atomic mass is 9.79. The highest BCUT2D eigenvalue weighted by atomic mass is 16.4. The van der Waals surface area contributed by atoms with E-state index in [-0.39, 0.29) is 0 Å². The zero-order valence-corrected chi connectivity index (χ0v) is 13.0. The van der Waals surface area contributed by atoms with E-state index in [0.29, 0.717) is 17.8 Å². The van der Waals surface area contributed by atoms with Crippen LogP contribution in [0, 0.1) is 18.8 Å².